The predicted molar refractivity (Wildman–Crippen MR) is 97.1 cm³/mol. The highest BCUT2D eigenvalue weighted by atomic mass is 16.2. The molecule has 2 N–H and O–H groups in total. The van der Waals surface area contributed by atoms with Gasteiger partial charge in [0.05, 0.1) is 0 Å². The average Bonchev–Trinajstić information content (AvgIpc) is 2.93. The van der Waals surface area contributed by atoms with Crippen molar-refractivity contribution in [3.05, 3.63) is 84.4 Å². The lowest BCUT2D eigenvalue weighted by molar-refractivity contribution is -0.134. The van der Waals surface area contributed by atoms with E-state index in [9.17, 15) is 14.4 Å². The number of imide groups is 1. The Morgan fingerprint density at radius 2 is 1.58 bits per heavy atom. The predicted octanol–water partition coefficient (Wildman–Crippen LogP) is 1.78. The van der Waals surface area contributed by atoms with Crippen molar-refractivity contribution in [1.29, 1.82) is 0 Å². The highest BCUT2D eigenvalue weighted by molar-refractivity contribution is 6.11. The Morgan fingerprint density at radius 1 is 1.04 bits per heavy atom. The highest BCUT2D eigenvalue weighted by Crippen LogP contribution is 2.35. The van der Waals surface area contributed by atoms with Crippen molar-refractivity contribution in [2.45, 2.75) is 5.54 Å². The molecule has 2 aromatic rings. The molecule has 1 aliphatic heterocycles. The van der Waals surface area contributed by atoms with E-state index in [-0.39, 0.29) is 13.1 Å². The Bertz CT molecular complexity index is 794. The van der Waals surface area contributed by atoms with Gasteiger partial charge in [-0.05, 0) is 11.1 Å². The molecule has 1 aliphatic rings. The molecular weight excluding hydrogens is 330 g/mol. The van der Waals surface area contributed by atoms with Crippen LogP contribution >= 0.6 is 0 Å². The maximum absolute atomic E-state index is 13.3. The van der Waals surface area contributed by atoms with Crippen molar-refractivity contribution < 1.29 is 14.4 Å². The molecule has 0 unspecified atom stereocenters. The minimum atomic E-state index is -1.35. The summed E-state index contributed by atoms with van der Waals surface area (Å²) < 4.78 is 0. The van der Waals surface area contributed by atoms with Crippen LogP contribution in [0.2, 0.25) is 0 Å². The van der Waals surface area contributed by atoms with Crippen LogP contribution in [0.15, 0.2) is 73.3 Å². The SMILES string of the molecule is C=CCNC(=O)CN1C(=O)NC(c2ccccc2)(c2ccccc2)C1=O. The van der Waals surface area contributed by atoms with Crippen LogP contribution in [0, 0.1) is 0 Å². The van der Waals surface area contributed by atoms with E-state index in [1.807, 2.05) is 12.1 Å². The minimum Gasteiger partial charge on any atom is -0.351 e. The lowest BCUT2D eigenvalue weighted by atomic mass is 9.82. The number of nitrogens with one attached hydrogen (secondary N) is 2. The van der Waals surface area contributed by atoms with E-state index >= 15 is 0 Å². The summed E-state index contributed by atoms with van der Waals surface area (Å²) in [5, 5.41) is 5.37. The second-order valence-corrected chi connectivity index (χ2v) is 5.90. The Kier molecular flexibility index (Phi) is 4.84. The zero-order chi connectivity index (χ0) is 18.6. The number of benzene rings is 2. The third kappa shape index (κ3) is 2.97. The fourth-order valence-corrected chi connectivity index (χ4v) is 3.04. The van der Waals surface area contributed by atoms with Crippen molar-refractivity contribution in [2.75, 3.05) is 13.1 Å². The van der Waals surface area contributed by atoms with Gasteiger partial charge in [-0.3, -0.25) is 14.5 Å². The molecule has 0 radical (unpaired) electrons. The normalized spacial score (nSPS) is 15.5. The summed E-state index contributed by atoms with van der Waals surface area (Å²) in [5.74, 6) is -0.904. The van der Waals surface area contributed by atoms with Gasteiger partial charge in [-0.1, -0.05) is 66.7 Å². The first kappa shape index (κ1) is 17.4. The molecule has 26 heavy (non-hydrogen) atoms. The molecule has 6 heteroatoms. The molecule has 0 saturated carbocycles. The van der Waals surface area contributed by atoms with Gasteiger partial charge in [0.15, 0.2) is 5.54 Å². The van der Waals surface area contributed by atoms with E-state index in [4.69, 9.17) is 0 Å². The van der Waals surface area contributed by atoms with Gasteiger partial charge in [0.2, 0.25) is 5.91 Å². The highest BCUT2D eigenvalue weighted by Gasteiger charge is 2.53. The topological polar surface area (TPSA) is 78.5 Å². The summed E-state index contributed by atoms with van der Waals surface area (Å²) in [4.78, 5) is 38.8. The molecule has 0 bridgehead atoms. The van der Waals surface area contributed by atoms with E-state index in [0.29, 0.717) is 11.1 Å². The fraction of sp³-hybridized carbons (Fsp3) is 0.150. The van der Waals surface area contributed by atoms with Crippen molar-refractivity contribution >= 4 is 17.8 Å². The minimum absolute atomic E-state index is 0.269. The van der Waals surface area contributed by atoms with Crippen molar-refractivity contribution in [3.8, 4) is 0 Å². The fourth-order valence-electron chi connectivity index (χ4n) is 3.04. The molecular formula is C20H19N3O3. The monoisotopic (exact) mass is 349 g/mol. The third-order valence-electron chi connectivity index (χ3n) is 4.26. The molecule has 132 valence electrons. The molecule has 0 aromatic heterocycles. The van der Waals surface area contributed by atoms with Gasteiger partial charge in [-0.2, -0.15) is 0 Å². The number of hydrogen-bond donors (Lipinski definition) is 2. The zero-order valence-electron chi connectivity index (χ0n) is 14.1. The molecule has 1 heterocycles. The van der Waals surface area contributed by atoms with E-state index in [1.165, 1.54) is 6.08 Å². The van der Waals surface area contributed by atoms with Crippen LogP contribution in [0.3, 0.4) is 0 Å². The van der Waals surface area contributed by atoms with Crippen LogP contribution in [-0.2, 0) is 15.1 Å². The first-order valence-electron chi connectivity index (χ1n) is 8.22. The van der Waals surface area contributed by atoms with Crippen LogP contribution in [0.5, 0.6) is 0 Å². The van der Waals surface area contributed by atoms with Crippen molar-refractivity contribution in [2.24, 2.45) is 0 Å². The average molecular weight is 349 g/mol. The smallest absolute Gasteiger partial charge is 0.326 e. The molecule has 0 aliphatic carbocycles. The summed E-state index contributed by atoms with van der Waals surface area (Å²) >= 11 is 0. The van der Waals surface area contributed by atoms with Crippen molar-refractivity contribution in [3.63, 3.8) is 0 Å². The molecule has 2 aromatic carbocycles. The van der Waals surface area contributed by atoms with Gasteiger partial charge in [0.1, 0.15) is 6.54 Å². The maximum Gasteiger partial charge on any atom is 0.326 e. The van der Waals surface area contributed by atoms with Crippen LogP contribution in [0.25, 0.3) is 0 Å². The molecule has 4 amide bonds. The number of rotatable bonds is 6. The Balaban J connectivity index is 2.01. The second-order valence-electron chi connectivity index (χ2n) is 5.90. The number of carbonyl (C=O) groups is 3. The third-order valence-corrected chi connectivity index (χ3v) is 4.26. The number of amides is 4. The van der Waals surface area contributed by atoms with Gasteiger partial charge in [0, 0.05) is 6.54 Å². The lowest BCUT2D eigenvalue weighted by Crippen LogP contribution is -2.46. The number of hydrogen-bond acceptors (Lipinski definition) is 3. The Labute approximate surface area is 151 Å². The first-order valence-corrected chi connectivity index (χ1v) is 8.22. The van der Waals surface area contributed by atoms with Crippen LogP contribution < -0.4 is 10.6 Å². The van der Waals surface area contributed by atoms with Crippen LogP contribution in [0.4, 0.5) is 4.79 Å². The summed E-state index contributed by atoms with van der Waals surface area (Å²) in [6, 6.07) is 17.4. The summed E-state index contributed by atoms with van der Waals surface area (Å²) in [6.07, 6.45) is 1.53. The number of urea groups is 1. The zero-order valence-corrected chi connectivity index (χ0v) is 14.1. The van der Waals surface area contributed by atoms with E-state index in [0.717, 1.165) is 4.90 Å². The van der Waals surface area contributed by atoms with Crippen LogP contribution in [-0.4, -0.2) is 35.8 Å². The van der Waals surface area contributed by atoms with Gasteiger partial charge < -0.3 is 10.6 Å². The quantitative estimate of drug-likeness (QED) is 0.616. The molecule has 1 fully saturated rings. The molecule has 3 rings (SSSR count). The largest absolute Gasteiger partial charge is 0.351 e. The van der Waals surface area contributed by atoms with E-state index in [2.05, 4.69) is 17.2 Å². The summed E-state index contributed by atoms with van der Waals surface area (Å²) in [5.41, 5.74) is -0.0738. The Morgan fingerprint density at radius 3 is 2.08 bits per heavy atom. The number of carbonyl (C=O) groups excluding carboxylic acids is 3. The number of nitrogens with zero attached hydrogens (tertiary/aromatic N) is 1. The molecule has 6 nitrogen and oxygen atoms in total. The Hall–Kier alpha value is -3.41. The van der Waals surface area contributed by atoms with Crippen LogP contribution in [0.1, 0.15) is 11.1 Å². The lowest BCUT2D eigenvalue weighted by Gasteiger charge is -2.27. The summed E-state index contributed by atoms with van der Waals surface area (Å²) in [6.45, 7) is 3.44. The summed E-state index contributed by atoms with van der Waals surface area (Å²) in [7, 11) is 0. The van der Waals surface area contributed by atoms with Gasteiger partial charge in [0.25, 0.3) is 5.91 Å². The van der Waals surface area contributed by atoms with E-state index < -0.39 is 23.4 Å². The van der Waals surface area contributed by atoms with Gasteiger partial charge >= 0.3 is 6.03 Å². The van der Waals surface area contributed by atoms with Gasteiger partial charge in [-0.25, -0.2) is 4.79 Å². The molecule has 0 spiro atoms. The van der Waals surface area contributed by atoms with Crippen molar-refractivity contribution in [1.82, 2.24) is 15.5 Å². The van der Waals surface area contributed by atoms with E-state index in [1.54, 1.807) is 48.5 Å². The first-order chi connectivity index (χ1) is 12.6. The maximum atomic E-state index is 13.3. The molecule has 0 atom stereocenters. The van der Waals surface area contributed by atoms with Gasteiger partial charge in [-0.15, -0.1) is 6.58 Å². The molecule has 1 saturated heterocycles. The second kappa shape index (κ2) is 7.23. The standard InChI is InChI=1S/C20H19N3O3/c1-2-13-21-17(24)14-23-18(25)20(22-19(23)26,15-9-5-3-6-10-15)16-11-7-4-8-12-16/h2-12H,1,13-14H2,(H,21,24)(H,22,26).